The lowest BCUT2D eigenvalue weighted by molar-refractivity contribution is -0.137. The van der Waals surface area contributed by atoms with Crippen molar-refractivity contribution < 1.29 is 9.90 Å². The highest BCUT2D eigenvalue weighted by Gasteiger charge is 2.30. The number of thioether (sulfide) groups is 1. The van der Waals surface area contributed by atoms with Crippen LogP contribution in [0.15, 0.2) is 60.7 Å². The van der Waals surface area contributed by atoms with Gasteiger partial charge in [0.2, 0.25) is 0 Å². The fraction of sp³-hybridized carbons (Fsp3) is 0.286. The van der Waals surface area contributed by atoms with Crippen LogP contribution in [0.1, 0.15) is 42.6 Å². The Morgan fingerprint density at radius 3 is 2.31 bits per heavy atom. The first-order valence-corrected chi connectivity index (χ1v) is 9.66. The quantitative estimate of drug-likeness (QED) is 0.599. The van der Waals surface area contributed by atoms with Gasteiger partial charge in [-0.3, -0.25) is 4.79 Å². The van der Waals surface area contributed by atoms with E-state index in [2.05, 4.69) is 6.07 Å². The van der Waals surface area contributed by atoms with E-state index >= 15 is 0 Å². The van der Waals surface area contributed by atoms with Crippen LogP contribution in [0.5, 0.6) is 0 Å². The maximum absolute atomic E-state index is 10.9. The number of thiocarbonyl (C=S) groups is 1. The highest BCUT2D eigenvalue weighted by molar-refractivity contribution is 8.23. The Morgan fingerprint density at radius 2 is 1.77 bits per heavy atom. The van der Waals surface area contributed by atoms with E-state index in [9.17, 15) is 10.1 Å². The molecule has 0 heterocycles. The molecule has 26 heavy (non-hydrogen) atoms. The van der Waals surface area contributed by atoms with Gasteiger partial charge in [0.05, 0.1) is 15.7 Å². The van der Waals surface area contributed by atoms with Gasteiger partial charge >= 0.3 is 5.97 Å². The summed E-state index contributed by atoms with van der Waals surface area (Å²) < 4.78 is 0.776. The molecule has 2 atom stereocenters. The van der Waals surface area contributed by atoms with Crippen molar-refractivity contribution in [2.24, 2.45) is 5.41 Å². The number of nitrogens with zero attached hydrogens (tertiary/aromatic N) is 1. The Kier molecular flexibility index (Phi) is 7.38. The average Bonchev–Trinajstić information content (AvgIpc) is 2.67. The lowest BCUT2D eigenvalue weighted by Gasteiger charge is -2.27. The van der Waals surface area contributed by atoms with Crippen molar-refractivity contribution in [2.45, 2.75) is 31.4 Å². The number of benzene rings is 2. The molecule has 0 spiro atoms. The molecule has 2 aromatic carbocycles. The standard InChI is InChI=1S/C21H21NO2S2/c1-21(15-22,13-12-19(23)24)14-18(16-8-4-2-5-9-16)26-20(25)17-10-6-3-7-11-17/h2-11,18H,12-14H2,1H3,(H,23,24). The fourth-order valence-electron chi connectivity index (χ4n) is 2.66. The van der Waals surface area contributed by atoms with Gasteiger partial charge in [-0.2, -0.15) is 5.26 Å². The van der Waals surface area contributed by atoms with Crippen molar-refractivity contribution >= 4 is 34.1 Å². The molecule has 2 rings (SSSR count). The van der Waals surface area contributed by atoms with Crippen LogP contribution in [-0.4, -0.2) is 15.3 Å². The Balaban J connectivity index is 2.23. The third kappa shape index (κ3) is 5.98. The molecular formula is C21H21NO2S2. The van der Waals surface area contributed by atoms with Crippen LogP contribution in [0.4, 0.5) is 0 Å². The number of carboxylic acids is 1. The van der Waals surface area contributed by atoms with E-state index in [0.29, 0.717) is 12.8 Å². The van der Waals surface area contributed by atoms with Gasteiger partial charge in [-0.05, 0) is 30.9 Å². The molecule has 2 unspecified atom stereocenters. The molecule has 0 aliphatic heterocycles. The number of nitriles is 1. The highest BCUT2D eigenvalue weighted by atomic mass is 32.2. The summed E-state index contributed by atoms with van der Waals surface area (Å²) in [5.41, 5.74) is 1.35. The van der Waals surface area contributed by atoms with Gasteiger partial charge in [0.25, 0.3) is 0 Å². The fourth-order valence-corrected chi connectivity index (χ4v) is 4.42. The van der Waals surface area contributed by atoms with E-state index in [1.54, 1.807) is 11.8 Å². The average molecular weight is 384 g/mol. The van der Waals surface area contributed by atoms with Crippen molar-refractivity contribution in [1.29, 1.82) is 5.26 Å². The maximum atomic E-state index is 10.9. The van der Waals surface area contributed by atoms with Gasteiger partial charge < -0.3 is 5.11 Å². The normalized spacial score (nSPS) is 14.0. The third-order valence-corrected chi connectivity index (χ3v) is 5.92. The van der Waals surface area contributed by atoms with Crippen LogP contribution in [0.2, 0.25) is 0 Å². The first-order valence-electron chi connectivity index (χ1n) is 8.37. The molecule has 2 aromatic rings. The lowest BCUT2D eigenvalue weighted by Crippen LogP contribution is -2.19. The topological polar surface area (TPSA) is 61.1 Å². The van der Waals surface area contributed by atoms with Gasteiger partial charge in [-0.1, -0.05) is 72.9 Å². The molecule has 0 aromatic heterocycles. The number of hydrogen-bond acceptors (Lipinski definition) is 4. The van der Waals surface area contributed by atoms with E-state index in [0.717, 1.165) is 15.3 Å². The van der Waals surface area contributed by atoms with Crippen molar-refractivity contribution in [2.75, 3.05) is 0 Å². The SMILES string of the molecule is CC(C#N)(CCC(=O)O)CC(SC(=S)c1ccccc1)c1ccccc1. The van der Waals surface area contributed by atoms with Gasteiger partial charge in [0.1, 0.15) is 0 Å². The maximum Gasteiger partial charge on any atom is 0.303 e. The molecule has 5 heteroatoms. The predicted octanol–water partition coefficient (Wildman–Crippen LogP) is 5.62. The molecule has 0 amide bonds. The first-order chi connectivity index (χ1) is 12.4. The molecule has 134 valence electrons. The van der Waals surface area contributed by atoms with Crippen LogP contribution < -0.4 is 0 Å². The van der Waals surface area contributed by atoms with Gasteiger partial charge in [-0.15, -0.1) is 11.8 Å². The van der Waals surface area contributed by atoms with E-state index in [1.165, 1.54) is 0 Å². The zero-order valence-electron chi connectivity index (χ0n) is 14.6. The summed E-state index contributed by atoms with van der Waals surface area (Å²) in [5.74, 6) is -0.879. The summed E-state index contributed by atoms with van der Waals surface area (Å²) in [5, 5.41) is 18.6. The number of aliphatic carboxylic acids is 1. The van der Waals surface area contributed by atoms with E-state index in [1.807, 2.05) is 67.6 Å². The molecule has 0 bridgehead atoms. The van der Waals surface area contributed by atoms with Gasteiger partial charge in [0.15, 0.2) is 0 Å². The number of carboxylic acid groups (broad SMARTS) is 1. The Bertz CT molecular complexity index is 787. The minimum atomic E-state index is -0.879. The molecule has 0 aliphatic carbocycles. The molecule has 3 nitrogen and oxygen atoms in total. The number of carbonyl (C=O) groups is 1. The predicted molar refractivity (Wildman–Crippen MR) is 110 cm³/mol. The molecule has 0 fully saturated rings. The molecule has 0 saturated heterocycles. The molecule has 0 aliphatic rings. The smallest absolute Gasteiger partial charge is 0.303 e. The van der Waals surface area contributed by atoms with Crippen LogP contribution >= 0.6 is 24.0 Å². The first kappa shape index (κ1) is 20.2. The van der Waals surface area contributed by atoms with Crippen LogP contribution in [-0.2, 0) is 4.79 Å². The second kappa shape index (κ2) is 9.51. The van der Waals surface area contributed by atoms with Gasteiger partial charge in [-0.25, -0.2) is 0 Å². The Labute approximate surface area is 164 Å². The Morgan fingerprint density at radius 1 is 1.19 bits per heavy atom. The minimum Gasteiger partial charge on any atom is -0.481 e. The summed E-state index contributed by atoms with van der Waals surface area (Å²) in [6.07, 6.45) is 0.846. The van der Waals surface area contributed by atoms with Crippen molar-refractivity contribution in [3.05, 3.63) is 71.8 Å². The molecule has 0 radical (unpaired) electrons. The zero-order chi connectivity index (χ0) is 19.0. The van der Waals surface area contributed by atoms with Crippen molar-refractivity contribution in [3.8, 4) is 6.07 Å². The van der Waals surface area contributed by atoms with Crippen LogP contribution in [0.25, 0.3) is 0 Å². The van der Waals surface area contributed by atoms with E-state index in [-0.39, 0.29) is 11.7 Å². The summed E-state index contributed by atoms with van der Waals surface area (Å²) in [6, 6.07) is 22.1. The lowest BCUT2D eigenvalue weighted by atomic mass is 9.81. The number of rotatable bonds is 8. The highest BCUT2D eigenvalue weighted by Crippen LogP contribution is 2.43. The molecule has 0 saturated carbocycles. The largest absolute Gasteiger partial charge is 0.481 e. The third-order valence-electron chi connectivity index (χ3n) is 4.23. The summed E-state index contributed by atoms with van der Waals surface area (Å²) in [6.45, 7) is 1.83. The summed E-state index contributed by atoms with van der Waals surface area (Å²) in [7, 11) is 0. The molecular weight excluding hydrogens is 362 g/mol. The monoisotopic (exact) mass is 383 g/mol. The Hall–Kier alpha value is -2.16. The minimum absolute atomic E-state index is 0.0117. The van der Waals surface area contributed by atoms with Crippen molar-refractivity contribution in [3.63, 3.8) is 0 Å². The number of hydrogen-bond donors (Lipinski definition) is 1. The zero-order valence-corrected chi connectivity index (χ0v) is 16.2. The molecule has 1 N–H and O–H groups in total. The second-order valence-corrected chi connectivity index (χ2v) is 8.32. The van der Waals surface area contributed by atoms with Crippen LogP contribution in [0.3, 0.4) is 0 Å². The van der Waals surface area contributed by atoms with Gasteiger partial charge in [0, 0.05) is 11.7 Å². The van der Waals surface area contributed by atoms with Crippen LogP contribution in [0, 0.1) is 16.7 Å². The second-order valence-electron chi connectivity index (χ2n) is 6.44. The summed E-state index contributed by atoms with van der Waals surface area (Å²) in [4.78, 5) is 10.9. The summed E-state index contributed by atoms with van der Waals surface area (Å²) >= 11 is 7.17. The van der Waals surface area contributed by atoms with E-state index in [4.69, 9.17) is 17.3 Å². The van der Waals surface area contributed by atoms with E-state index < -0.39 is 11.4 Å². The van der Waals surface area contributed by atoms with Crippen molar-refractivity contribution in [1.82, 2.24) is 0 Å².